The topological polar surface area (TPSA) is 104 Å². The van der Waals surface area contributed by atoms with Crippen LogP contribution in [0.3, 0.4) is 0 Å². The first-order valence-corrected chi connectivity index (χ1v) is 13.2. The molecule has 0 fully saturated rings. The fraction of sp³-hybridized carbons (Fsp3) is 0.500. The molecule has 208 valence electrons. The van der Waals surface area contributed by atoms with Crippen molar-refractivity contribution < 1.29 is 27.1 Å². The van der Waals surface area contributed by atoms with E-state index in [0.29, 0.717) is 16.2 Å². The molecule has 0 saturated heterocycles. The molecule has 2 aromatic heterocycles. The zero-order valence-electron chi connectivity index (χ0n) is 22.6. The lowest BCUT2D eigenvalue weighted by molar-refractivity contribution is -0.226. The number of furan rings is 1. The minimum absolute atomic E-state index is 0.270. The molecule has 6 nitrogen and oxygen atoms in total. The van der Waals surface area contributed by atoms with E-state index in [1.54, 1.807) is 71.3 Å². The molecule has 10 heteroatoms. The Morgan fingerprint density at radius 1 is 1.05 bits per heavy atom. The van der Waals surface area contributed by atoms with Gasteiger partial charge in [-0.15, -0.1) is 11.8 Å². The number of pyridine rings is 1. The van der Waals surface area contributed by atoms with Crippen LogP contribution >= 0.6 is 11.8 Å². The Bertz CT molecular complexity index is 1270. The zero-order chi connectivity index (χ0) is 28.6. The summed E-state index contributed by atoms with van der Waals surface area (Å²) in [4.78, 5) is 17.7. The first-order chi connectivity index (χ1) is 17.3. The summed E-state index contributed by atoms with van der Waals surface area (Å²) >= 11 is 1.02. The number of thioether (sulfide) groups is 1. The zero-order valence-corrected chi connectivity index (χ0v) is 23.4. The molecule has 2 atom stereocenters. The van der Waals surface area contributed by atoms with Crippen LogP contribution in [0.4, 0.5) is 13.2 Å². The number of halogens is 3. The van der Waals surface area contributed by atoms with Crippen molar-refractivity contribution in [2.24, 2.45) is 22.3 Å². The summed E-state index contributed by atoms with van der Waals surface area (Å²) in [5, 5.41) is 0.827. The van der Waals surface area contributed by atoms with E-state index < -0.39 is 40.7 Å². The summed E-state index contributed by atoms with van der Waals surface area (Å²) < 4.78 is 53.8. The Kier molecular flexibility index (Phi) is 8.32. The number of alkyl halides is 3. The fourth-order valence-electron chi connectivity index (χ4n) is 4.01. The van der Waals surface area contributed by atoms with Crippen LogP contribution in [0, 0.1) is 10.8 Å². The molecule has 1 aromatic carbocycles. The summed E-state index contributed by atoms with van der Waals surface area (Å²) in [5.74, 6) is -0.538. The van der Waals surface area contributed by atoms with Crippen molar-refractivity contribution in [1.82, 2.24) is 4.98 Å². The third-order valence-corrected chi connectivity index (χ3v) is 8.33. The molecular weight excluding hydrogens is 515 g/mol. The lowest BCUT2D eigenvalue weighted by atomic mass is 9.68. The third-order valence-electron chi connectivity index (χ3n) is 6.96. The minimum atomic E-state index is -4.61. The number of benzene rings is 1. The highest BCUT2D eigenvalue weighted by Gasteiger charge is 2.53. The largest absolute Gasteiger partial charge is 0.464 e. The number of nitrogens with zero attached hydrogens (tertiary/aromatic N) is 1. The van der Waals surface area contributed by atoms with Gasteiger partial charge in [-0.05, 0) is 84.4 Å². The molecule has 2 unspecified atom stereocenters. The normalized spacial score (nSPS) is 16.2. The Morgan fingerprint density at radius 3 is 2.32 bits per heavy atom. The smallest absolute Gasteiger partial charge is 0.398 e. The number of carbonyl (C=O) groups excluding carboxylic acids is 1. The fourth-order valence-corrected chi connectivity index (χ4v) is 5.09. The van der Waals surface area contributed by atoms with Crippen LogP contribution in [0.25, 0.3) is 22.3 Å². The average Bonchev–Trinajstić information content (AvgIpc) is 3.23. The van der Waals surface area contributed by atoms with Gasteiger partial charge in [0, 0.05) is 45.1 Å². The molecular formula is C28H36F3N3O3S. The second-order valence-electron chi connectivity index (χ2n) is 11.7. The first-order valence-electron chi connectivity index (χ1n) is 12.2. The molecule has 0 saturated carbocycles. The van der Waals surface area contributed by atoms with Crippen LogP contribution in [-0.2, 0) is 9.53 Å². The van der Waals surface area contributed by atoms with Gasteiger partial charge in [-0.2, -0.15) is 13.2 Å². The molecule has 38 heavy (non-hydrogen) atoms. The number of ether oxygens (including phenoxy) is 1. The van der Waals surface area contributed by atoms with Crippen molar-refractivity contribution in [1.29, 1.82) is 0 Å². The van der Waals surface area contributed by atoms with Crippen LogP contribution in [0.2, 0.25) is 0 Å². The molecule has 0 bridgehead atoms. The number of hydrogen-bond donors (Lipinski definition) is 2. The van der Waals surface area contributed by atoms with E-state index in [2.05, 4.69) is 4.98 Å². The van der Waals surface area contributed by atoms with Crippen molar-refractivity contribution in [3.05, 3.63) is 48.8 Å². The summed E-state index contributed by atoms with van der Waals surface area (Å²) in [6, 6.07) is 10.8. The maximum atomic E-state index is 14.2. The first kappa shape index (κ1) is 30.0. The maximum absolute atomic E-state index is 14.2. The summed E-state index contributed by atoms with van der Waals surface area (Å²) in [6.45, 7) is 8.57. The van der Waals surface area contributed by atoms with Gasteiger partial charge in [0.1, 0.15) is 23.4 Å². The maximum Gasteiger partial charge on any atom is 0.398 e. The molecule has 0 radical (unpaired) electrons. The molecule has 2 heterocycles. The van der Waals surface area contributed by atoms with E-state index in [-0.39, 0.29) is 12.2 Å². The lowest BCUT2D eigenvalue weighted by Crippen LogP contribution is -2.59. The number of nitrogens with two attached hydrogens (primary N) is 2. The predicted molar refractivity (Wildman–Crippen MR) is 145 cm³/mol. The Balaban J connectivity index is 1.73. The Morgan fingerprint density at radius 2 is 1.74 bits per heavy atom. The molecule has 0 aliphatic heterocycles. The van der Waals surface area contributed by atoms with Gasteiger partial charge in [-0.1, -0.05) is 0 Å². The SMILES string of the molecule is CC(C)(N)CC(C)(N)C(C)(C)C(=O)OCC(C)(CSc1ccc2cc(-c3cccnc3)oc2c1)C(F)(F)F. The van der Waals surface area contributed by atoms with Crippen molar-refractivity contribution in [3.8, 4) is 11.3 Å². The van der Waals surface area contributed by atoms with E-state index in [1.165, 1.54) is 0 Å². The number of hydrogen-bond acceptors (Lipinski definition) is 7. The predicted octanol–water partition coefficient (Wildman–Crippen LogP) is 6.57. The van der Waals surface area contributed by atoms with Crippen LogP contribution in [0.1, 0.15) is 48.0 Å². The van der Waals surface area contributed by atoms with Gasteiger partial charge in [0.15, 0.2) is 0 Å². The number of esters is 1. The van der Waals surface area contributed by atoms with Crippen LogP contribution < -0.4 is 11.5 Å². The van der Waals surface area contributed by atoms with Crippen LogP contribution in [-0.4, -0.2) is 40.6 Å². The highest BCUT2D eigenvalue weighted by molar-refractivity contribution is 7.99. The summed E-state index contributed by atoms with van der Waals surface area (Å²) in [5.41, 5.74) is 8.52. The molecule has 0 spiro atoms. The quantitative estimate of drug-likeness (QED) is 0.217. The van der Waals surface area contributed by atoms with Crippen molar-refractivity contribution in [3.63, 3.8) is 0 Å². The monoisotopic (exact) mass is 551 g/mol. The molecule has 0 aliphatic carbocycles. The second kappa shape index (κ2) is 10.5. The number of rotatable bonds is 10. The van der Waals surface area contributed by atoms with Crippen molar-refractivity contribution >= 4 is 28.7 Å². The van der Waals surface area contributed by atoms with Gasteiger partial charge in [-0.3, -0.25) is 9.78 Å². The van der Waals surface area contributed by atoms with Crippen LogP contribution in [0.15, 0.2) is 58.1 Å². The molecule has 3 rings (SSSR count). The highest BCUT2D eigenvalue weighted by Crippen LogP contribution is 2.44. The van der Waals surface area contributed by atoms with E-state index in [0.717, 1.165) is 29.6 Å². The Labute approximate surface area is 225 Å². The standard InChI is InChI=1S/C28H36F3N3O3S/c1-24(2,32)15-27(6,33)25(3,4)23(35)36-16-26(5,28(29,30)31)17-38-20-10-9-18-12-21(37-22(18)13-20)19-8-7-11-34-14-19/h7-14H,15-17,32-33H2,1-6H3. The van der Waals surface area contributed by atoms with Gasteiger partial charge in [0.25, 0.3) is 0 Å². The molecule has 3 aromatic rings. The minimum Gasteiger partial charge on any atom is -0.464 e. The summed E-state index contributed by atoms with van der Waals surface area (Å²) in [7, 11) is 0. The molecule has 0 aliphatic rings. The average molecular weight is 552 g/mol. The second-order valence-corrected chi connectivity index (χ2v) is 12.7. The van der Waals surface area contributed by atoms with Crippen molar-refractivity contribution in [2.45, 2.75) is 70.1 Å². The number of carbonyl (C=O) groups is 1. The van der Waals surface area contributed by atoms with Crippen LogP contribution in [0.5, 0.6) is 0 Å². The van der Waals surface area contributed by atoms with Gasteiger partial charge in [0.05, 0.1) is 5.41 Å². The van der Waals surface area contributed by atoms with Gasteiger partial charge >= 0.3 is 12.1 Å². The van der Waals surface area contributed by atoms with E-state index in [1.807, 2.05) is 12.1 Å². The number of aromatic nitrogens is 1. The summed E-state index contributed by atoms with van der Waals surface area (Å²) in [6.07, 6.45) is -1.01. The van der Waals surface area contributed by atoms with Crippen molar-refractivity contribution in [2.75, 3.05) is 12.4 Å². The lowest BCUT2D eigenvalue weighted by Gasteiger charge is -2.43. The van der Waals surface area contributed by atoms with E-state index in [9.17, 15) is 18.0 Å². The van der Waals surface area contributed by atoms with E-state index >= 15 is 0 Å². The number of fused-ring (bicyclic) bond motifs is 1. The highest BCUT2D eigenvalue weighted by atomic mass is 32.2. The third kappa shape index (κ3) is 6.71. The van der Waals surface area contributed by atoms with Gasteiger partial charge in [-0.25, -0.2) is 0 Å². The Hall–Kier alpha value is -2.56. The van der Waals surface area contributed by atoms with Gasteiger partial charge < -0.3 is 20.6 Å². The van der Waals surface area contributed by atoms with E-state index in [4.69, 9.17) is 20.6 Å². The molecule has 4 N–H and O–H groups in total. The molecule has 0 amide bonds. The van der Waals surface area contributed by atoms with Gasteiger partial charge in [0.2, 0.25) is 0 Å².